The third kappa shape index (κ3) is 3.97. The van der Waals surface area contributed by atoms with Crippen molar-refractivity contribution in [3.8, 4) is 0 Å². The van der Waals surface area contributed by atoms with Crippen molar-refractivity contribution in [2.24, 2.45) is 7.05 Å². The van der Waals surface area contributed by atoms with E-state index >= 15 is 0 Å². The highest BCUT2D eigenvalue weighted by Gasteiger charge is 2.39. The molecule has 2 heterocycles. The summed E-state index contributed by atoms with van der Waals surface area (Å²) in [6, 6.07) is 9.33. The summed E-state index contributed by atoms with van der Waals surface area (Å²) in [5.74, 6) is -0.633. The number of alkyl halides is 3. The Morgan fingerprint density at radius 1 is 1.22 bits per heavy atom. The van der Waals surface area contributed by atoms with Gasteiger partial charge in [-0.25, -0.2) is 0 Å². The molecule has 0 aliphatic heterocycles. The Balaban J connectivity index is 1.77. The zero-order valence-electron chi connectivity index (χ0n) is 14.4. The summed E-state index contributed by atoms with van der Waals surface area (Å²) in [6.45, 7) is 2.47. The molecule has 3 rings (SSSR count). The minimum absolute atomic E-state index is 0.194. The first kappa shape index (κ1) is 19.0. The number of benzene rings is 1. The highest BCUT2D eigenvalue weighted by Crippen LogP contribution is 2.35. The lowest BCUT2D eigenvalue weighted by Crippen LogP contribution is -2.17. The van der Waals surface area contributed by atoms with E-state index in [9.17, 15) is 18.0 Å². The lowest BCUT2D eigenvalue weighted by molar-refractivity contribution is -0.141. The minimum atomic E-state index is -4.75. The number of nitrogens with zero attached hydrogens (tertiary/aromatic N) is 4. The normalized spacial score (nSPS) is 11.6. The molecule has 0 bridgehead atoms. The number of hydrogen-bond donors (Lipinski definition) is 1. The van der Waals surface area contributed by atoms with Crippen molar-refractivity contribution in [3.05, 3.63) is 64.1 Å². The van der Waals surface area contributed by atoms with E-state index in [2.05, 4.69) is 15.5 Å². The van der Waals surface area contributed by atoms with Crippen LogP contribution in [0.2, 0.25) is 5.02 Å². The molecule has 3 aromatic rings. The zero-order valence-corrected chi connectivity index (χ0v) is 15.1. The van der Waals surface area contributed by atoms with E-state index in [1.807, 2.05) is 31.2 Å². The van der Waals surface area contributed by atoms with E-state index < -0.39 is 28.5 Å². The van der Waals surface area contributed by atoms with Gasteiger partial charge in [0.05, 0.1) is 6.54 Å². The summed E-state index contributed by atoms with van der Waals surface area (Å²) >= 11 is 5.72. The van der Waals surface area contributed by atoms with Crippen molar-refractivity contribution < 1.29 is 18.0 Å². The van der Waals surface area contributed by atoms with E-state index in [1.54, 1.807) is 16.9 Å². The molecule has 2 aromatic heterocycles. The lowest BCUT2D eigenvalue weighted by atomic mass is 10.1. The molecule has 0 fully saturated rings. The van der Waals surface area contributed by atoms with Gasteiger partial charge in [-0.2, -0.15) is 23.4 Å². The second-order valence-corrected chi connectivity index (χ2v) is 6.29. The molecule has 0 saturated heterocycles. The van der Waals surface area contributed by atoms with Crippen LogP contribution in [0.3, 0.4) is 0 Å². The molecule has 27 heavy (non-hydrogen) atoms. The number of carbonyl (C=O) groups excluding carboxylic acids is 1. The molecule has 0 spiro atoms. The Kier molecular flexibility index (Phi) is 4.97. The topological polar surface area (TPSA) is 64.7 Å². The predicted molar refractivity (Wildman–Crippen MR) is 93.7 cm³/mol. The molecule has 0 saturated carbocycles. The summed E-state index contributed by atoms with van der Waals surface area (Å²) in [7, 11) is 1.22. The summed E-state index contributed by atoms with van der Waals surface area (Å²) in [4.78, 5) is 12.3. The summed E-state index contributed by atoms with van der Waals surface area (Å²) in [6.07, 6.45) is -3.09. The van der Waals surface area contributed by atoms with E-state index in [4.69, 9.17) is 11.6 Å². The van der Waals surface area contributed by atoms with Gasteiger partial charge in [-0.15, -0.1) is 0 Å². The first-order valence-corrected chi connectivity index (χ1v) is 8.23. The average molecular weight is 398 g/mol. The molecule has 142 valence electrons. The van der Waals surface area contributed by atoms with Gasteiger partial charge in [-0.05, 0) is 18.1 Å². The summed E-state index contributed by atoms with van der Waals surface area (Å²) in [5, 5.41) is 9.20. The fourth-order valence-electron chi connectivity index (χ4n) is 2.58. The molecule has 0 aliphatic carbocycles. The Labute approximate surface area is 157 Å². The van der Waals surface area contributed by atoms with Crippen molar-refractivity contribution in [2.75, 3.05) is 5.32 Å². The molecule has 1 N–H and O–H groups in total. The molecule has 6 nitrogen and oxygen atoms in total. The van der Waals surface area contributed by atoms with Crippen molar-refractivity contribution in [3.63, 3.8) is 0 Å². The molecule has 0 aliphatic rings. The maximum atomic E-state index is 12.9. The van der Waals surface area contributed by atoms with Crippen LogP contribution in [-0.2, 0) is 19.8 Å². The maximum absolute atomic E-state index is 12.9. The van der Waals surface area contributed by atoms with Gasteiger partial charge in [-0.1, -0.05) is 35.9 Å². The van der Waals surface area contributed by atoms with Crippen molar-refractivity contribution in [1.29, 1.82) is 0 Å². The number of aromatic nitrogens is 4. The highest BCUT2D eigenvalue weighted by molar-refractivity contribution is 6.34. The second kappa shape index (κ2) is 7.07. The molecule has 0 atom stereocenters. The lowest BCUT2D eigenvalue weighted by Gasteiger charge is -2.06. The van der Waals surface area contributed by atoms with Crippen LogP contribution in [0.4, 0.5) is 19.0 Å². The number of amides is 1. The monoisotopic (exact) mass is 397 g/mol. The number of carbonyl (C=O) groups is 1. The van der Waals surface area contributed by atoms with Gasteiger partial charge < -0.3 is 5.32 Å². The minimum Gasteiger partial charge on any atom is -0.304 e. The number of nitrogens with one attached hydrogen (secondary N) is 1. The number of rotatable bonds is 4. The van der Waals surface area contributed by atoms with Crippen LogP contribution in [0, 0.1) is 6.92 Å². The van der Waals surface area contributed by atoms with Crippen LogP contribution in [0.5, 0.6) is 0 Å². The quantitative estimate of drug-likeness (QED) is 0.726. The number of hydrogen-bond acceptors (Lipinski definition) is 3. The van der Waals surface area contributed by atoms with Crippen LogP contribution >= 0.6 is 11.6 Å². The van der Waals surface area contributed by atoms with Gasteiger partial charge in [0.2, 0.25) is 0 Å². The van der Waals surface area contributed by atoms with Gasteiger partial charge in [-0.3, -0.25) is 14.2 Å². The SMILES string of the molecule is Cc1ccccc1Cn1ccc(NC(=O)c2c(Cl)c(C(F)(F)F)nn2C)n1. The van der Waals surface area contributed by atoms with Crippen LogP contribution in [0.15, 0.2) is 36.5 Å². The third-order valence-corrected chi connectivity index (χ3v) is 4.31. The van der Waals surface area contributed by atoms with Crippen LogP contribution in [0.1, 0.15) is 27.3 Å². The van der Waals surface area contributed by atoms with Gasteiger partial charge >= 0.3 is 6.18 Å². The fraction of sp³-hybridized carbons (Fsp3) is 0.235. The largest absolute Gasteiger partial charge is 0.436 e. The predicted octanol–water partition coefficient (Wildman–Crippen LogP) is 3.90. The van der Waals surface area contributed by atoms with Crippen molar-refractivity contribution in [1.82, 2.24) is 19.6 Å². The maximum Gasteiger partial charge on any atom is 0.436 e. The first-order chi connectivity index (χ1) is 12.7. The molecule has 0 unspecified atom stereocenters. The highest BCUT2D eigenvalue weighted by atomic mass is 35.5. The van der Waals surface area contributed by atoms with Gasteiger partial charge in [0, 0.05) is 19.3 Å². The number of anilines is 1. The van der Waals surface area contributed by atoms with Crippen LogP contribution in [-0.4, -0.2) is 25.5 Å². The molecular weight excluding hydrogens is 383 g/mol. The second-order valence-electron chi connectivity index (χ2n) is 5.91. The van der Waals surface area contributed by atoms with Gasteiger partial charge in [0.15, 0.2) is 11.5 Å². The zero-order chi connectivity index (χ0) is 19.8. The van der Waals surface area contributed by atoms with Crippen molar-refractivity contribution >= 4 is 23.3 Å². The number of halogens is 4. The third-order valence-electron chi connectivity index (χ3n) is 3.95. The molecule has 1 aromatic carbocycles. The summed E-state index contributed by atoms with van der Waals surface area (Å²) < 4.78 is 41.0. The molecule has 0 radical (unpaired) electrons. The Morgan fingerprint density at radius 3 is 2.56 bits per heavy atom. The van der Waals surface area contributed by atoms with E-state index in [0.717, 1.165) is 15.8 Å². The van der Waals surface area contributed by atoms with Crippen LogP contribution < -0.4 is 5.32 Å². The average Bonchev–Trinajstić information content (AvgIpc) is 3.13. The molecule has 1 amide bonds. The smallest absolute Gasteiger partial charge is 0.304 e. The van der Waals surface area contributed by atoms with Crippen LogP contribution in [0.25, 0.3) is 0 Å². The first-order valence-electron chi connectivity index (χ1n) is 7.86. The Bertz CT molecular complexity index is 993. The Morgan fingerprint density at radius 2 is 1.93 bits per heavy atom. The van der Waals surface area contributed by atoms with Crippen molar-refractivity contribution in [2.45, 2.75) is 19.6 Å². The molecular formula is C17H15ClF3N5O. The standard InChI is InChI=1S/C17H15ClF3N5O/c1-10-5-3-4-6-11(10)9-26-8-7-12(23-26)22-16(27)14-13(18)15(17(19,20)21)24-25(14)2/h3-8H,9H2,1-2H3,(H,22,23,27). The molecule has 10 heteroatoms. The van der Waals surface area contributed by atoms with Gasteiger partial charge in [0.1, 0.15) is 10.7 Å². The van der Waals surface area contributed by atoms with E-state index in [1.165, 1.54) is 7.05 Å². The summed E-state index contributed by atoms with van der Waals surface area (Å²) in [5.41, 5.74) is 0.460. The Hall–Kier alpha value is -2.81. The van der Waals surface area contributed by atoms with Gasteiger partial charge in [0.25, 0.3) is 5.91 Å². The number of aryl methyl sites for hydroxylation is 2. The fourth-order valence-corrected chi connectivity index (χ4v) is 2.93. The van der Waals surface area contributed by atoms with E-state index in [-0.39, 0.29) is 5.82 Å². The van der Waals surface area contributed by atoms with E-state index in [0.29, 0.717) is 6.54 Å².